The fourth-order valence-electron chi connectivity index (χ4n) is 3.44. The van der Waals surface area contributed by atoms with Crippen molar-refractivity contribution in [3.05, 3.63) is 29.3 Å². The first kappa shape index (κ1) is 18.0. The summed E-state index contributed by atoms with van der Waals surface area (Å²) in [6, 6.07) is 4.29. The third-order valence-corrected chi connectivity index (χ3v) is 4.81. The fourth-order valence-corrected chi connectivity index (χ4v) is 3.44. The van der Waals surface area contributed by atoms with Crippen molar-refractivity contribution in [3.63, 3.8) is 0 Å². The third-order valence-electron chi connectivity index (χ3n) is 4.81. The highest BCUT2D eigenvalue weighted by Gasteiger charge is 2.40. The summed E-state index contributed by atoms with van der Waals surface area (Å²) in [6.07, 6.45) is 6.05. The molecule has 1 aromatic carbocycles. The number of barbiturate groups is 1. The van der Waals surface area contributed by atoms with Gasteiger partial charge in [0, 0.05) is 17.7 Å². The van der Waals surface area contributed by atoms with E-state index < -0.39 is 17.8 Å². The summed E-state index contributed by atoms with van der Waals surface area (Å²) in [5.74, 6) is -0.172. The molecule has 0 radical (unpaired) electrons. The number of carbonyl (C=O) groups is 3. The monoisotopic (exact) mass is 358 g/mol. The maximum absolute atomic E-state index is 12.9. The van der Waals surface area contributed by atoms with Crippen LogP contribution in [0.25, 0.3) is 6.08 Å². The molecular weight excluding hydrogens is 336 g/mol. The predicted octanol–water partition coefficient (Wildman–Crippen LogP) is 2.50. The van der Waals surface area contributed by atoms with Crippen LogP contribution in [0.2, 0.25) is 0 Å². The Bertz CT molecular complexity index is 765. The summed E-state index contributed by atoms with van der Waals surface area (Å²) >= 11 is 0. The summed E-state index contributed by atoms with van der Waals surface area (Å²) < 4.78 is 10.5. The van der Waals surface area contributed by atoms with Crippen molar-refractivity contribution in [2.75, 3.05) is 14.2 Å². The molecule has 2 fully saturated rings. The second-order valence-electron chi connectivity index (χ2n) is 6.39. The molecule has 26 heavy (non-hydrogen) atoms. The first-order valence-electron chi connectivity index (χ1n) is 8.67. The van der Waals surface area contributed by atoms with Crippen molar-refractivity contribution < 1.29 is 23.9 Å². The second-order valence-corrected chi connectivity index (χ2v) is 6.39. The Kier molecular flexibility index (Phi) is 5.25. The van der Waals surface area contributed by atoms with Crippen LogP contribution < -0.4 is 14.8 Å². The summed E-state index contributed by atoms with van der Waals surface area (Å²) in [5.41, 5.74) is 0.489. The molecule has 7 heteroatoms. The topological polar surface area (TPSA) is 84.9 Å². The Morgan fingerprint density at radius 3 is 2.46 bits per heavy atom. The molecule has 1 N–H and O–H groups in total. The van der Waals surface area contributed by atoms with Crippen LogP contribution in [0.3, 0.4) is 0 Å². The molecule has 1 saturated heterocycles. The molecule has 1 heterocycles. The van der Waals surface area contributed by atoms with Gasteiger partial charge in [0.2, 0.25) is 0 Å². The maximum atomic E-state index is 12.9. The van der Waals surface area contributed by atoms with E-state index in [0.717, 1.165) is 32.1 Å². The van der Waals surface area contributed by atoms with Crippen LogP contribution in [0, 0.1) is 0 Å². The number of benzene rings is 1. The summed E-state index contributed by atoms with van der Waals surface area (Å²) in [7, 11) is 3.04. The Balaban J connectivity index is 1.95. The van der Waals surface area contributed by atoms with Crippen LogP contribution in [-0.4, -0.2) is 43.0 Å². The van der Waals surface area contributed by atoms with E-state index in [1.54, 1.807) is 25.3 Å². The van der Waals surface area contributed by atoms with Crippen molar-refractivity contribution in [1.29, 1.82) is 0 Å². The van der Waals surface area contributed by atoms with E-state index in [2.05, 4.69) is 5.32 Å². The van der Waals surface area contributed by atoms with Gasteiger partial charge in [0.1, 0.15) is 17.1 Å². The number of imide groups is 2. The number of hydrogen-bond acceptors (Lipinski definition) is 5. The number of nitrogens with zero attached hydrogens (tertiary/aromatic N) is 1. The summed E-state index contributed by atoms with van der Waals surface area (Å²) in [6.45, 7) is 0. The van der Waals surface area contributed by atoms with Gasteiger partial charge in [0.25, 0.3) is 11.8 Å². The molecule has 138 valence electrons. The number of nitrogens with one attached hydrogen (secondary N) is 1. The van der Waals surface area contributed by atoms with Crippen LogP contribution in [0.4, 0.5) is 4.79 Å². The van der Waals surface area contributed by atoms with Crippen molar-refractivity contribution in [2.24, 2.45) is 0 Å². The van der Waals surface area contributed by atoms with Gasteiger partial charge in [-0.25, -0.2) is 4.79 Å². The predicted molar refractivity (Wildman–Crippen MR) is 94.8 cm³/mol. The van der Waals surface area contributed by atoms with Crippen molar-refractivity contribution in [2.45, 2.75) is 38.1 Å². The van der Waals surface area contributed by atoms with E-state index >= 15 is 0 Å². The number of amides is 4. The number of rotatable bonds is 4. The minimum atomic E-state index is -0.690. The maximum Gasteiger partial charge on any atom is 0.331 e. The van der Waals surface area contributed by atoms with Gasteiger partial charge in [-0.2, -0.15) is 0 Å². The minimum Gasteiger partial charge on any atom is -0.497 e. The minimum absolute atomic E-state index is 0.0707. The number of methoxy groups -OCH3 is 2. The van der Waals surface area contributed by atoms with E-state index in [4.69, 9.17) is 9.47 Å². The SMILES string of the molecule is COc1ccc(/C=C2/C(=O)NC(=O)N(C3CCCCC3)C2=O)c(OC)c1. The number of hydrogen-bond donors (Lipinski definition) is 1. The van der Waals surface area contributed by atoms with Gasteiger partial charge < -0.3 is 9.47 Å². The second kappa shape index (κ2) is 7.59. The quantitative estimate of drug-likeness (QED) is 0.660. The van der Waals surface area contributed by atoms with Crippen molar-refractivity contribution >= 4 is 23.9 Å². The summed E-state index contributed by atoms with van der Waals surface area (Å²) in [4.78, 5) is 38.6. The highest BCUT2D eigenvalue weighted by Crippen LogP contribution is 2.29. The fraction of sp³-hybridized carbons (Fsp3) is 0.421. The smallest absolute Gasteiger partial charge is 0.331 e. The highest BCUT2D eigenvalue weighted by atomic mass is 16.5. The number of ether oxygens (including phenoxy) is 2. The van der Waals surface area contributed by atoms with Gasteiger partial charge in [0.05, 0.1) is 14.2 Å². The van der Waals surface area contributed by atoms with Gasteiger partial charge in [-0.3, -0.25) is 19.8 Å². The van der Waals surface area contributed by atoms with E-state index in [1.165, 1.54) is 18.1 Å². The summed E-state index contributed by atoms with van der Waals surface area (Å²) in [5, 5.41) is 2.28. The molecule has 4 amide bonds. The average molecular weight is 358 g/mol. The lowest BCUT2D eigenvalue weighted by atomic mass is 9.93. The first-order chi connectivity index (χ1) is 12.5. The van der Waals surface area contributed by atoms with Crippen LogP contribution in [0.5, 0.6) is 11.5 Å². The van der Waals surface area contributed by atoms with Crippen molar-refractivity contribution in [1.82, 2.24) is 10.2 Å². The molecule has 1 aliphatic carbocycles. The zero-order chi connectivity index (χ0) is 18.7. The molecule has 0 spiro atoms. The van der Waals surface area contributed by atoms with Crippen molar-refractivity contribution in [3.8, 4) is 11.5 Å². The van der Waals surface area contributed by atoms with Crippen LogP contribution in [0.1, 0.15) is 37.7 Å². The van der Waals surface area contributed by atoms with Gasteiger partial charge in [-0.05, 0) is 31.1 Å². The molecule has 0 atom stereocenters. The Labute approximate surface area is 151 Å². The molecular formula is C19H22N2O5. The number of carbonyl (C=O) groups excluding carboxylic acids is 3. The molecule has 1 aromatic rings. The lowest BCUT2D eigenvalue weighted by Gasteiger charge is -2.35. The molecule has 3 rings (SSSR count). The van der Waals surface area contributed by atoms with E-state index in [1.807, 2.05) is 0 Å². The number of urea groups is 1. The largest absolute Gasteiger partial charge is 0.497 e. The van der Waals surface area contributed by atoms with E-state index in [-0.39, 0.29) is 11.6 Å². The first-order valence-corrected chi connectivity index (χ1v) is 8.67. The van der Waals surface area contributed by atoms with E-state index in [0.29, 0.717) is 17.1 Å². The van der Waals surface area contributed by atoms with E-state index in [9.17, 15) is 14.4 Å². The highest BCUT2D eigenvalue weighted by molar-refractivity contribution is 6.31. The van der Waals surface area contributed by atoms with Gasteiger partial charge >= 0.3 is 6.03 Å². The molecule has 0 unspecified atom stereocenters. The molecule has 2 aliphatic rings. The average Bonchev–Trinajstić information content (AvgIpc) is 2.65. The Morgan fingerprint density at radius 2 is 1.81 bits per heavy atom. The molecule has 0 aromatic heterocycles. The Morgan fingerprint density at radius 1 is 1.08 bits per heavy atom. The third kappa shape index (κ3) is 3.42. The lowest BCUT2D eigenvalue weighted by Crippen LogP contribution is -2.58. The normalized spacial score (nSPS) is 20.3. The Hall–Kier alpha value is -2.83. The zero-order valence-electron chi connectivity index (χ0n) is 14.9. The van der Waals surface area contributed by atoms with Gasteiger partial charge in [-0.1, -0.05) is 19.3 Å². The van der Waals surface area contributed by atoms with Crippen LogP contribution >= 0.6 is 0 Å². The molecule has 1 aliphatic heterocycles. The van der Waals surface area contributed by atoms with Gasteiger partial charge in [-0.15, -0.1) is 0 Å². The lowest BCUT2D eigenvalue weighted by molar-refractivity contribution is -0.132. The molecule has 1 saturated carbocycles. The zero-order valence-corrected chi connectivity index (χ0v) is 14.9. The van der Waals surface area contributed by atoms with Crippen LogP contribution in [-0.2, 0) is 9.59 Å². The standard InChI is InChI=1S/C19H22N2O5/c1-25-14-9-8-12(16(11-14)26-2)10-15-17(22)20-19(24)21(18(15)23)13-6-4-3-5-7-13/h8-11,13H,3-7H2,1-2H3,(H,20,22,24)/b15-10-. The molecule has 7 nitrogen and oxygen atoms in total. The molecule has 0 bridgehead atoms. The van der Waals surface area contributed by atoms with Crippen LogP contribution in [0.15, 0.2) is 23.8 Å². The van der Waals surface area contributed by atoms with Gasteiger partial charge in [0.15, 0.2) is 0 Å².